The predicted molar refractivity (Wildman–Crippen MR) is 99.7 cm³/mol. The summed E-state index contributed by atoms with van der Waals surface area (Å²) in [6.45, 7) is 2.02. The molecule has 6 heteroatoms. The van der Waals surface area contributed by atoms with E-state index in [1.807, 2.05) is 13.0 Å². The molecule has 2 aromatic rings. The van der Waals surface area contributed by atoms with Gasteiger partial charge in [-0.15, -0.1) is 0 Å². The fourth-order valence-corrected chi connectivity index (χ4v) is 4.04. The van der Waals surface area contributed by atoms with Crippen molar-refractivity contribution < 1.29 is 22.7 Å². The van der Waals surface area contributed by atoms with Crippen LogP contribution < -0.4 is 4.74 Å². The lowest BCUT2D eigenvalue weighted by atomic mass is 9.79. The van der Waals surface area contributed by atoms with Crippen molar-refractivity contribution in [1.29, 1.82) is 0 Å². The first-order valence-electron chi connectivity index (χ1n) is 8.65. The van der Waals surface area contributed by atoms with E-state index in [2.05, 4.69) is 0 Å². The Morgan fingerprint density at radius 2 is 1.92 bits per heavy atom. The van der Waals surface area contributed by atoms with Crippen molar-refractivity contribution in [2.24, 2.45) is 0 Å². The predicted octanol–water partition coefficient (Wildman–Crippen LogP) is 3.21. The fourth-order valence-electron chi connectivity index (χ4n) is 3.40. The molecule has 0 amide bonds. The number of sulfone groups is 1. The number of ether oxygens (including phenoxy) is 1. The van der Waals surface area contributed by atoms with Gasteiger partial charge in [-0.2, -0.15) is 0 Å². The number of rotatable bonds is 7. The molecular weight excluding hydrogens is 355 g/mol. The highest BCUT2D eigenvalue weighted by atomic mass is 32.2. The molecule has 2 aromatic carbocycles. The molecule has 26 heavy (non-hydrogen) atoms. The number of aryl methyl sites for hydroxylation is 1. The molecule has 0 radical (unpaired) electrons. The summed E-state index contributed by atoms with van der Waals surface area (Å²) in [6, 6.07) is 6.79. The van der Waals surface area contributed by atoms with E-state index in [0.717, 1.165) is 40.8 Å². The molecule has 1 aliphatic carbocycles. The maximum absolute atomic E-state index is 13.7. The number of hydrogen-bond acceptors (Lipinski definition) is 4. The van der Waals surface area contributed by atoms with Gasteiger partial charge in [0.1, 0.15) is 21.4 Å². The zero-order valence-electron chi connectivity index (χ0n) is 15.0. The monoisotopic (exact) mass is 378 g/mol. The number of aliphatic hydroxyl groups is 1. The lowest BCUT2D eigenvalue weighted by molar-refractivity contribution is 0.276. The number of benzene rings is 2. The first-order valence-corrected chi connectivity index (χ1v) is 10.7. The second-order valence-electron chi connectivity index (χ2n) is 6.82. The summed E-state index contributed by atoms with van der Waals surface area (Å²) in [5, 5.41) is 9.32. The Hall–Kier alpha value is -1.92. The van der Waals surface area contributed by atoms with Crippen LogP contribution in [0.15, 0.2) is 24.3 Å². The number of halogens is 1. The Bertz CT molecular complexity index is 935. The summed E-state index contributed by atoms with van der Waals surface area (Å²) in [4.78, 5) is 0. The molecule has 0 bridgehead atoms. The Balaban J connectivity index is 1.86. The van der Waals surface area contributed by atoms with E-state index in [4.69, 9.17) is 4.74 Å². The van der Waals surface area contributed by atoms with Crippen LogP contribution in [-0.2, 0) is 29.3 Å². The van der Waals surface area contributed by atoms with Gasteiger partial charge in [-0.05, 0) is 72.2 Å². The minimum atomic E-state index is -2.98. The van der Waals surface area contributed by atoms with Gasteiger partial charge in [-0.3, -0.25) is 0 Å². The highest BCUT2D eigenvalue weighted by molar-refractivity contribution is 7.90. The van der Waals surface area contributed by atoms with Gasteiger partial charge in [0.05, 0.1) is 19.0 Å². The van der Waals surface area contributed by atoms with Gasteiger partial charge in [-0.25, -0.2) is 12.8 Å². The number of aliphatic hydroxyl groups excluding tert-OH is 1. The van der Waals surface area contributed by atoms with E-state index >= 15 is 0 Å². The van der Waals surface area contributed by atoms with E-state index < -0.39 is 15.7 Å². The molecule has 0 saturated carbocycles. The summed E-state index contributed by atoms with van der Waals surface area (Å²) >= 11 is 0. The fraction of sp³-hybridized carbons (Fsp3) is 0.400. The van der Waals surface area contributed by atoms with Gasteiger partial charge in [-0.1, -0.05) is 6.07 Å². The zero-order chi connectivity index (χ0) is 18.9. The van der Waals surface area contributed by atoms with Crippen LogP contribution in [0.1, 0.15) is 28.7 Å². The Kier molecular flexibility index (Phi) is 5.34. The average Bonchev–Trinajstić information content (AvgIpc) is 2.54. The average molecular weight is 378 g/mol. The van der Waals surface area contributed by atoms with Gasteiger partial charge < -0.3 is 9.84 Å². The SMILES string of the molecule is Cc1cc(OCCCS(C)(=O)=O)c2c(c1-c1ccc(F)c(CO)c1)CC2. The molecule has 4 nitrogen and oxygen atoms in total. The van der Waals surface area contributed by atoms with Crippen LogP contribution in [0.2, 0.25) is 0 Å². The molecule has 0 atom stereocenters. The summed E-state index contributed by atoms with van der Waals surface area (Å²) in [5.74, 6) is 0.523. The number of fused-ring (bicyclic) bond motifs is 1. The van der Waals surface area contributed by atoms with E-state index in [0.29, 0.717) is 13.0 Å². The molecule has 0 fully saturated rings. The molecule has 0 heterocycles. The summed E-state index contributed by atoms with van der Waals surface area (Å²) < 4.78 is 41.9. The van der Waals surface area contributed by atoms with E-state index in [-0.39, 0.29) is 17.9 Å². The second-order valence-corrected chi connectivity index (χ2v) is 9.08. The Labute approximate surface area is 153 Å². The Morgan fingerprint density at radius 3 is 2.54 bits per heavy atom. The first-order chi connectivity index (χ1) is 12.3. The first kappa shape index (κ1) is 18.9. The quantitative estimate of drug-likeness (QED) is 0.752. The van der Waals surface area contributed by atoms with Crippen molar-refractivity contribution in [3.8, 4) is 16.9 Å². The minimum absolute atomic E-state index is 0.117. The van der Waals surface area contributed by atoms with E-state index in [1.165, 1.54) is 17.9 Å². The summed E-state index contributed by atoms with van der Waals surface area (Å²) in [6.07, 6.45) is 3.53. The summed E-state index contributed by atoms with van der Waals surface area (Å²) in [7, 11) is -2.98. The molecule has 0 unspecified atom stereocenters. The molecule has 1 aliphatic rings. The molecule has 1 N–H and O–H groups in total. The van der Waals surface area contributed by atoms with Crippen molar-refractivity contribution in [1.82, 2.24) is 0 Å². The molecule has 3 rings (SSSR count). The molecule has 0 saturated heterocycles. The second kappa shape index (κ2) is 7.37. The van der Waals surface area contributed by atoms with E-state index in [9.17, 15) is 17.9 Å². The maximum Gasteiger partial charge on any atom is 0.147 e. The third kappa shape index (κ3) is 3.91. The number of hydrogen-bond donors (Lipinski definition) is 1. The van der Waals surface area contributed by atoms with Gasteiger partial charge in [0.25, 0.3) is 0 Å². The van der Waals surface area contributed by atoms with Crippen LogP contribution in [0.5, 0.6) is 5.75 Å². The van der Waals surface area contributed by atoms with Crippen LogP contribution in [0.3, 0.4) is 0 Å². The summed E-state index contributed by atoms with van der Waals surface area (Å²) in [5.41, 5.74) is 5.61. The molecule has 0 spiro atoms. The van der Waals surface area contributed by atoms with Gasteiger partial charge >= 0.3 is 0 Å². The van der Waals surface area contributed by atoms with Crippen molar-refractivity contribution in [3.63, 3.8) is 0 Å². The van der Waals surface area contributed by atoms with Gasteiger partial charge in [0.15, 0.2) is 0 Å². The standard InChI is InChI=1S/C20H23FO4S/c1-13-10-19(25-8-3-9-26(2,23)24)16-5-6-17(16)20(13)14-4-7-18(21)15(11-14)12-22/h4,7,10-11,22H,3,5-6,8-9,12H2,1-2H3. The smallest absolute Gasteiger partial charge is 0.147 e. The third-order valence-electron chi connectivity index (χ3n) is 4.75. The molecule has 0 aliphatic heterocycles. The van der Waals surface area contributed by atoms with Crippen molar-refractivity contribution in [3.05, 3.63) is 52.3 Å². The van der Waals surface area contributed by atoms with Crippen LogP contribution in [0, 0.1) is 12.7 Å². The zero-order valence-corrected chi connectivity index (χ0v) is 15.8. The van der Waals surface area contributed by atoms with E-state index in [1.54, 1.807) is 12.1 Å². The minimum Gasteiger partial charge on any atom is -0.493 e. The molecule has 0 aromatic heterocycles. The topological polar surface area (TPSA) is 63.6 Å². The van der Waals surface area contributed by atoms with Crippen molar-refractivity contribution >= 4 is 9.84 Å². The van der Waals surface area contributed by atoms with Crippen molar-refractivity contribution in [2.45, 2.75) is 32.8 Å². The Morgan fingerprint density at radius 1 is 1.19 bits per heavy atom. The highest BCUT2D eigenvalue weighted by Crippen LogP contribution is 2.42. The van der Waals surface area contributed by atoms with Crippen LogP contribution in [0.4, 0.5) is 4.39 Å². The lowest BCUT2D eigenvalue weighted by Crippen LogP contribution is -2.15. The van der Waals surface area contributed by atoms with Crippen molar-refractivity contribution in [2.75, 3.05) is 18.6 Å². The maximum atomic E-state index is 13.7. The highest BCUT2D eigenvalue weighted by Gasteiger charge is 2.25. The van der Waals surface area contributed by atoms with Crippen LogP contribution in [-0.4, -0.2) is 32.1 Å². The normalized spacial score (nSPS) is 13.2. The molecular formula is C20H23FO4S. The van der Waals surface area contributed by atoms with Gasteiger partial charge in [0.2, 0.25) is 0 Å². The van der Waals surface area contributed by atoms with Gasteiger partial charge in [0, 0.05) is 11.8 Å². The van der Waals surface area contributed by atoms with Crippen LogP contribution in [0.25, 0.3) is 11.1 Å². The molecule has 140 valence electrons. The lowest BCUT2D eigenvalue weighted by Gasteiger charge is -2.28. The largest absolute Gasteiger partial charge is 0.493 e. The third-order valence-corrected chi connectivity index (χ3v) is 5.78. The van der Waals surface area contributed by atoms with Crippen LogP contribution >= 0.6 is 0 Å².